The molecule has 2 aromatic rings. The number of nitrogens with two attached hydrogens (primary N) is 1. The molecule has 0 radical (unpaired) electrons. The van der Waals surface area contributed by atoms with E-state index in [0.717, 1.165) is 6.33 Å². The number of anilines is 1. The van der Waals surface area contributed by atoms with Gasteiger partial charge in [-0.25, -0.2) is 19.5 Å². The van der Waals surface area contributed by atoms with Gasteiger partial charge in [-0.15, -0.1) is 0 Å². The van der Waals surface area contributed by atoms with Crippen molar-refractivity contribution in [3.05, 3.63) is 18.1 Å². The Labute approximate surface area is 156 Å². The number of hydrazone groups is 1. The van der Waals surface area contributed by atoms with E-state index in [1.807, 2.05) is 0 Å². The molecule has 4 heterocycles. The van der Waals surface area contributed by atoms with Crippen molar-refractivity contribution >= 4 is 30.5 Å². The molecule has 2 aliphatic rings. The molecular weight excluding hydrogens is 384 g/mol. The highest BCUT2D eigenvalue weighted by Gasteiger charge is 2.45. The monoisotopic (exact) mass is 404 g/mol. The Kier molecular flexibility index (Phi) is 3.42. The second-order valence-electron chi connectivity index (χ2n) is 5.98. The summed E-state index contributed by atoms with van der Waals surface area (Å²) in [5.41, 5.74) is 6.36. The summed E-state index contributed by atoms with van der Waals surface area (Å²) in [5.74, 6) is -0.163. The summed E-state index contributed by atoms with van der Waals surface area (Å²) < 4.78 is 45.0. The Morgan fingerprint density at radius 2 is 2.19 bits per heavy atom. The van der Waals surface area contributed by atoms with Crippen molar-refractivity contribution in [3.63, 3.8) is 0 Å². The van der Waals surface area contributed by atoms with Crippen molar-refractivity contribution in [3.8, 4) is 0 Å². The predicted molar refractivity (Wildman–Crippen MR) is 90.6 cm³/mol. The van der Waals surface area contributed by atoms with Gasteiger partial charge in [0.1, 0.15) is 30.3 Å². The Morgan fingerprint density at radius 1 is 1.41 bits per heavy atom. The molecule has 0 spiro atoms. The fraction of sp³-hybridized carbons (Fsp3) is 0.462. The number of amidine groups is 1. The van der Waals surface area contributed by atoms with Gasteiger partial charge in [0.15, 0.2) is 17.9 Å². The quantitative estimate of drug-likeness (QED) is 0.286. The van der Waals surface area contributed by atoms with Crippen LogP contribution >= 0.6 is 7.82 Å². The van der Waals surface area contributed by atoms with Crippen LogP contribution in [0.2, 0.25) is 0 Å². The Hall–Kier alpha value is -2.12. The van der Waals surface area contributed by atoms with Crippen molar-refractivity contribution in [2.75, 3.05) is 18.6 Å². The van der Waals surface area contributed by atoms with E-state index in [4.69, 9.17) is 24.4 Å². The third-order valence-corrected chi connectivity index (χ3v) is 4.78. The summed E-state index contributed by atoms with van der Waals surface area (Å²) in [6.07, 6.45) is -3.04. The van der Waals surface area contributed by atoms with Crippen LogP contribution in [0.5, 0.6) is 0 Å². The Morgan fingerprint density at radius 3 is 2.89 bits per heavy atom. The molecule has 0 bridgehead atoms. The second kappa shape index (κ2) is 6.21. The minimum Gasteiger partial charge on any atom is -0.387 e. The average molecular weight is 404 g/mol. The van der Waals surface area contributed by atoms with Gasteiger partial charge in [0.05, 0.1) is 12.0 Å². The summed E-state index contributed by atoms with van der Waals surface area (Å²) >= 11 is 0. The molecule has 13 nitrogen and oxygen atoms in total. The third-order valence-electron chi connectivity index (χ3n) is 4.29. The molecule has 6 N–H and O–H groups in total. The van der Waals surface area contributed by atoms with E-state index in [1.54, 1.807) is 0 Å². The van der Waals surface area contributed by atoms with Gasteiger partial charge < -0.3 is 35.0 Å². The molecule has 1 saturated heterocycles. The smallest absolute Gasteiger partial charge is 0.387 e. The van der Waals surface area contributed by atoms with E-state index in [9.17, 15) is 14.8 Å². The number of aromatic nitrogens is 3. The zero-order valence-corrected chi connectivity index (χ0v) is 14.3. The van der Waals surface area contributed by atoms with Crippen LogP contribution in [0.15, 0.2) is 17.6 Å². The maximum Gasteiger partial charge on any atom is 0.469 e. The average Bonchev–Trinajstić information content (AvgIpc) is 3.15. The van der Waals surface area contributed by atoms with E-state index in [-0.39, 0.29) is 22.7 Å². The largest absolute Gasteiger partial charge is 0.469 e. The van der Waals surface area contributed by atoms with Gasteiger partial charge in [0, 0.05) is 22.8 Å². The van der Waals surface area contributed by atoms with Crippen molar-refractivity contribution < 1.29 is 37.9 Å². The second-order valence-corrected chi connectivity index (χ2v) is 7.21. The van der Waals surface area contributed by atoms with Crippen molar-refractivity contribution in [2.24, 2.45) is 10.8 Å². The van der Waals surface area contributed by atoms with E-state index < -0.39 is 45.9 Å². The lowest BCUT2D eigenvalue weighted by Gasteiger charge is -2.19. The summed E-state index contributed by atoms with van der Waals surface area (Å²) in [6, 6.07) is 0. The molecular formula is C13H17N6O7P. The topological polar surface area (TPSA) is 189 Å². The van der Waals surface area contributed by atoms with Gasteiger partial charge in [0.25, 0.3) is 0 Å². The van der Waals surface area contributed by atoms with Crippen LogP contribution < -0.4 is 10.7 Å². The molecule has 4 rings (SSSR count). The lowest BCUT2D eigenvalue weighted by Crippen LogP contribution is -2.33. The maximum atomic E-state index is 10.9. The van der Waals surface area contributed by atoms with Crippen LogP contribution in [0.25, 0.3) is 11.0 Å². The first-order valence-corrected chi connectivity index (χ1v) is 9.13. The number of rotatable bonds is 4. The number of ether oxygens (including phenoxy) is 1. The van der Waals surface area contributed by atoms with Gasteiger partial charge in [-0.2, -0.15) is 5.10 Å². The lowest BCUT2D eigenvalue weighted by molar-refractivity contribution is -0.0501. The number of aliphatic hydroxyl groups excluding tert-OH is 2. The van der Waals surface area contributed by atoms with E-state index >= 15 is 0 Å². The summed E-state index contributed by atoms with van der Waals surface area (Å²) in [6.45, 7) is -3.35. The number of phosphoric ester groups is 1. The first-order valence-electron chi connectivity index (χ1n) is 9.10. The minimum atomic E-state index is -4.82. The van der Waals surface area contributed by atoms with Crippen LogP contribution in [0.1, 0.15) is 15.9 Å². The molecule has 0 aliphatic carbocycles. The molecule has 0 unspecified atom stereocenters. The highest BCUT2D eigenvalue weighted by Crippen LogP contribution is 2.40. The normalized spacial score (nSPS) is 30.1. The van der Waals surface area contributed by atoms with Gasteiger partial charge in [0.2, 0.25) is 0 Å². The molecule has 2 aliphatic heterocycles. The number of phosphoric acid groups is 1. The van der Waals surface area contributed by atoms with Crippen LogP contribution in [0.4, 0.5) is 5.82 Å². The highest BCUT2D eigenvalue weighted by atomic mass is 31.2. The third kappa shape index (κ3) is 2.99. The SMILES string of the molecule is [2H][13C]([2H])([2H])N1N=C(N)c2cn([C@@H]3O[C@H](COP(=O)(O)O)[C@@H](O)[C@H]3O)c3ncnc1c23. The fourth-order valence-electron chi connectivity index (χ4n) is 3.09. The molecule has 27 heavy (non-hydrogen) atoms. The van der Waals surface area contributed by atoms with Crippen molar-refractivity contribution in [2.45, 2.75) is 24.5 Å². The minimum absolute atomic E-state index is 0.0302. The highest BCUT2D eigenvalue weighted by molar-refractivity contribution is 7.46. The number of hydrogen-bond donors (Lipinski definition) is 5. The van der Waals surface area contributed by atoms with Gasteiger partial charge in [-0.1, -0.05) is 0 Å². The number of nitrogens with zero attached hydrogens (tertiary/aromatic N) is 5. The maximum absolute atomic E-state index is 10.9. The van der Waals surface area contributed by atoms with E-state index in [1.165, 1.54) is 10.8 Å². The van der Waals surface area contributed by atoms with Crippen molar-refractivity contribution in [1.29, 1.82) is 0 Å². The van der Waals surface area contributed by atoms with Crippen LogP contribution in [0, 0.1) is 0 Å². The Bertz CT molecular complexity index is 1070. The van der Waals surface area contributed by atoms with E-state index in [0.29, 0.717) is 10.6 Å². The first-order chi connectivity index (χ1) is 13.9. The number of hydrogen-bond acceptors (Lipinski definition) is 10. The van der Waals surface area contributed by atoms with Gasteiger partial charge >= 0.3 is 7.82 Å². The zero-order chi connectivity index (χ0) is 22.0. The number of aliphatic hydroxyl groups is 2. The molecule has 0 aromatic carbocycles. The molecule has 14 heteroatoms. The fourth-order valence-corrected chi connectivity index (χ4v) is 3.43. The summed E-state index contributed by atoms with van der Waals surface area (Å²) in [4.78, 5) is 25.8. The van der Waals surface area contributed by atoms with Crippen LogP contribution in [0.3, 0.4) is 0 Å². The van der Waals surface area contributed by atoms with Crippen LogP contribution in [-0.4, -0.2) is 72.3 Å². The van der Waals surface area contributed by atoms with Crippen LogP contribution in [-0.2, 0) is 13.8 Å². The van der Waals surface area contributed by atoms with E-state index in [2.05, 4.69) is 19.6 Å². The van der Waals surface area contributed by atoms with Gasteiger partial charge in [-0.3, -0.25) is 4.52 Å². The molecule has 0 saturated carbocycles. The zero-order valence-electron chi connectivity index (χ0n) is 16.4. The molecule has 1 fully saturated rings. The predicted octanol–water partition coefficient (Wildman–Crippen LogP) is -1.77. The summed E-state index contributed by atoms with van der Waals surface area (Å²) in [7, 11) is -4.82. The standard InChI is InChI=1S/C13H17N6O7P/c1-18-11-7-5(10(14)17-18)2-19(12(7)16-4-15-11)13-9(21)8(20)6(26-13)3-25-27(22,23)24/h2,4,6,8-9,13,20-21H,3H2,1H3,(H2,14,17)(H2,22,23,24)/t6-,8-,9-,13-/m1/s1/i1+1D3. The van der Waals surface area contributed by atoms with Gasteiger partial charge in [-0.05, 0) is 0 Å². The molecule has 4 atom stereocenters. The first kappa shape index (κ1) is 14.9. The summed E-state index contributed by atoms with van der Waals surface area (Å²) in [5, 5.41) is 25.4. The van der Waals surface area contributed by atoms with Crippen molar-refractivity contribution in [1.82, 2.24) is 14.5 Å². The molecule has 146 valence electrons. The molecule has 0 amide bonds. The molecule has 2 aromatic heterocycles. The Balaban J connectivity index is 1.75. The lowest BCUT2D eigenvalue weighted by atomic mass is 10.1.